The first kappa shape index (κ1) is 25.0. The van der Waals surface area contributed by atoms with Gasteiger partial charge in [0.05, 0.1) is 12.8 Å². The molecule has 2 aromatic carbocycles. The zero-order valence-corrected chi connectivity index (χ0v) is 16.4. The Balaban J connectivity index is 0.000000405. The standard InChI is InChI=1S/2C8H8O2S.C3H8O2/c2*9-8(10)5-6-1-3-7(11)4-2-6;4-2-1-3-5/h2*1-4,11H,5H2,(H,9,10);4-5H,1-3H2. The maximum atomic E-state index is 10.2. The molecule has 0 aliphatic rings. The average Bonchev–Trinajstić information content (AvgIpc) is 2.60. The van der Waals surface area contributed by atoms with E-state index in [1.807, 2.05) is 0 Å². The molecule has 27 heavy (non-hydrogen) atoms. The smallest absolute Gasteiger partial charge is 0.307 e. The van der Waals surface area contributed by atoms with Gasteiger partial charge in [0.15, 0.2) is 0 Å². The topological polar surface area (TPSA) is 115 Å². The van der Waals surface area contributed by atoms with E-state index in [1.54, 1.807) is 48.5 Å². The van der Waals surface area contributed by atoms with Gasteiger partial charge in [-0.05, 0) is 41.8 Å². The van der Waals surface area contributed by atoms with Crippen molar-refractivity contribution in [2.75, 3.05) is 13.2 Å². The van der Waals surface area contributed by atoms with Crippen molar-refractivity contribution in [1.29, 1.82) is 0 Å². The lowest BCUT2D eigenvalue weighted by molar-refractivity contribution is -0.137. The number of hydrogen-bond donors (Lipinski definition) is 6. The molecule has 0 saturated heterocycles. The summed E-state index contributed by atoms with van der Waals surface area (Å²) in [4.78, 5) is 22.2. The van der Waals surface area contributed by atoms with Crippen LogP contribution >= 0.6 is 25.3 Å². The Bertz CT molecular complexity index is 612. The SMILES string of the molecule is O=C(O)Cc1ccc(S)cc1.O=C(O)Cc1ccc(S)cc1.OCCCO. The Morgan fingerprint density at radius 2 is 0.963 bits per heavy atom. The molecule has 0 unspecified atom stereocenters. The summed E-state index contributed by atoms with van der Waals surface area (Å²) < 4.78 is 0. The second-order valence-corrected chi connectivity index (χ2v) is 6.31. The van der Waals surface area contributed by atoms with Gasteiger partial charge in [0.1, 0.15) is 0 Å². The second-order valence-electron chi connectivity index (χ2n) is 5.27. The molecule has 6 nitrogen and oxygen atoms in total. The van der Waals surface area contributed by atoms with Crippen molar-refractivity contribution in [1.82, 2.24) is 0 Å². The highest BCUT2D eigenvalue weighted by Crippen LogP contribution is 2.08. The molecule has 8 heteroatoms. The van der Waals surface area contributed by atoms with E-state index >= 15 is 0 Å². The maximum Gasteiger partial charge on any atom is 0.307 e. The predicted octanol–water partition coefficient (Wildman–Crippen LogP) is 2.57. The van der Waals surface area contributed by atoms with Crippen LogP contribution in [0.3, 0.4) is 0 Å². The number of carbonyl (C=O) groups is 2. The van der Waals surface area contributed by atoms with E-state index in [-0.39, 0.29) is 26.1 Å². The van der Waals surface area contributed by atoms with Crippen molar-refractivity contribution in [3.8, 4) is 0 Å². The van der Waals surface area contributed by atoms with Gasteiger partial charge < -0.3 is 20.4 Å². The summed E-state index contributed by atoms with van der Waals surface area (Å²) in [6, 6.07) is 14.2. The van der Waals surface area contributed by atoms with E-state index in [2.05, 4.69) is 25.3 Å². The zero-order valence-electron chi connectivity index (χ0n) is 14.7. The van der Waals surface area contributed by atoms with Gasteiger partial charge in [0.2, 0.25) is 0 Å². The molecule has 2 aromatic rings. The lowest BCUT2D eigenvalue weighted by atomic mass is 10.2. The van der Waals surface area contributed by atoms with E-state index < -0.39 is 11.9 Å². The van der Waals surface area contributed by atoms with Crippen molar-refractivity contribution in [2.45, 2.75) is 29.1 Å². The van der Waals surface area contributed by atoms with Crippen LogP contribution in [0, 0.1) is 0 Å². The number of rotatable bonds is 6. The minimum atomic E-state index is -0.808. The minimum absolute atomic E-state index is 0.0774. The third-order valence-electron chi connectivity index (χ3n) is 2.90. The van der Waals surface area contributed by atoms with Crippen LogP contribution < -0.4 is 0 Å². The Labute approximate surface area is 169 Å². The number of carboxylic acid groups (broad SMARTS) is 2. The largest absolute Gasteiger partial charge is 0.481 e. The monoisotopic (exact) mass is 412 g/mol. The van der Waals surface area contributed by atoms with Gasteiger partial charge in [-0.2, -0.15) is 0 Å². The van der Waals surface area contributed by atoms with Crippen molar-refractivity contribution in [2.24, 2.45) is 0 Å². The normalized spacial score (nSPS) is 9.33. The van der Waals surface area contributed by atoms with Gasteiger partial charge in [0.25, 0.3) is 0 Å². The van der Waals surface area contributed by atoms with Crippen LogP contribution in [0.15, 0.2) is 58.3 Å². The van der Waals surface area contributed by atoms with Crippen LogP contribution in [0.5, 0.6) is 0 Å². The van der Waals surface area contributed by atoms with Crippen LogP contribution in [0.25, 0.3) is 0 Å². The fourth-order valence-corrected chi connectivity index (χ4v) is 1.95. The van der Waals surface area contributed by atoms with Crippen molar-refractivity contribution in [3.63, 3.8) is 0 Å². The van der Waals surface area contributed by atoms with E-state index in [9.17, 15) is 9.59 Å². The molecule has 0 saturated carbocycles. The summed E-state index contributed by atoms with van der Waals surface area (Å²) in [5.74, 6) is -1.62. The Hall–Kier alpha value is -2.00. The molecule has 0 spiro atoms. The Morgan fingerprint density at radius 1 is 0.667 bits per heavy atom. The summed E-state index contributed by atoms with van der Waals surface area (Å²) in [7, 11) is 0. The number of aliphatic hydroxyl groups is 2. The molecule has 2 rings (SSSR count). The summed E-state index contributed by atoms with van der Waals surface area (Å²) in [5.41, 5.74) is 1.60. The second kappa shape index (κ2) is 15.1. The third kappa shape index (κ3) is 14.8. The highest BCUT2D eigenvalue weighted by atomic mass is 32.1. The minimum Gasteiger partial charge on any atom is -0.481 e. The molecular formula is C19H24O6S2. The maximum absolute atomic E-state index is 10.2. The molecule has 0 aliphatic carbocycles. The summed E-state index contributed by atoms with van der Waals surface area (Å²) >= 11 is 8.15. The Morgan fingerprint density at radius 3 is 1.15 bits per heavy atom. The van der Waals surface area contributed by atoms with Crippen LogP contribution in [-0.2, 0) is 22.4 Å². The lowest BCUT2D eigenvalue weighted by Gasteiger charge is -1.95. The number of aliphatic hydroxyl groups excluding tert-OH is 2. The van der Waals surface area contributed by atoms with Crippen LogP contribution in [0.4, 0.5) is 0 Å². The van der Waals surface area contributed by atoms with E-state index in [0.717, 1.165) is 20.9 Å². The molecule has 0 radical (unpaired) electrons. The van der Waals surface area contributed by atoms with E-state index in [1.165, 1.54) is 0 Å². The van der Waals surface area contributed by atoms with Gasteiger partial charge in [-0.3, -0.25) is 9.59 Å². The van der Waals surface area contributed by atoms with E-state index in [4.69, 9.17) is 20.4 Å². The highest BCUT2D eigenvalue weighted by molar-refractivity contribution is 7.80. The van der Waals surface area contributed by atoms with Gasteiger partial charge in [-0.25, -0.2) is 0 Å². The van der Waals surface area contributed by atoms with Gasteiger partial charge in [-0.1, -0.05) is 24.3 Å². The molecule has 4 N–H and O–H groups in total. The first-order chi connectivity index (χ1) is 12.8. The Kier molecular flexibility index (Phi) is 14.0. The molecular weight excluding hydrogens is 388 g/mol. The first-order valence-corrected chi connectivity index (χ1v) is 8.89. The quantitative estimate of drug-likeness (QED) is 0.406. The zero-order chi connectivity index (χ0) is 20.7. The van der Waals surface area contributed by atoms with Gasteiger partial charge >= 0.3 is 11.9 Å². The van der Waals surface area contributed by atoms with Crippen LogP contribution in [-0.4, -0.2) is 45.6 Å². The molecule has 0 atom stereocenters. The summed E-state index contributed by atoms with van der Waals surface area (Å²) in [5, 5.41) is 32.6. The number of benzene rings is 2. The number of thiol groups is 2. The van der Waals surface area contributed by atoms with E-state index in [0.29, 0.717) is 6.42 Å². The highest BCUT2D eigenvalue weighted by Gasteiger charge is 1.98. The summed E-state index contributed by atoms with van der Waals surface area (Å²) in [6.45, 7) is 0.188. The average molecular weight is 413 g/mol. The molecule has 0 fully saturated rings. The van der Waals surface area contributed by atoms with Gasteiger partial charge in [-0.15, -0.1) is 25.3 Å². The summed E-state index contributed by atoms with van der Waals surface area (Å²) in [6.07, 6.45) is 0.655. The predicted molar refractivity (Wildman–Crippen MR) is 109 cm³/mol. The first-order valence-electron chi connectivity index (χ1n) is 7.99. The van der Waals surface area contributed by atoms with Crippen LogP contribution in [0.1, 0.15) is 17.5 Å². The lowest BCUT2D eigenvalue weighted by Crippen LogP contribution is -1.99. The molecule has 0 heterocycles. The van der Waals surface area contributed by atoms with Crippen molar-refractivity contribution >= 4 is 37.2 Å². The fraction of sp³-hybridized carbons (Fsp3) is 0.263. The molecule has 148 valence electrons. The molecule has 0 aliphatic heterocycles. The van der Waals surface area contributed by atoms with Crippen molar-refractivity contribution in [3.05, 3.63) is 59.7 Å². The van der Waals surface area contributed by atoms with Gasteiger partial charge in [0, 0.05) is 23.0 Å². The number of aliphatic carboxylic acids is 2. The fourth-order valence-electron chi connectivity index (χ4n) is 1.65. The third-order valence-corrected chi connectivity index (χ3v) is 3.50. The van der Waals surface area contributed by atoms with Crippen molar-refractivity contribution < 1.29 is 30.0 Å². The molecule has 0 aromatic heterocycles. The number of carboxylic acids is 2. The molecule has 0 amide bonds. The number of hydrogen-bond acceptors (Lipinski definition) is 6. The molecule has 0 bridgehead atoms. The van der Waals surface area contributed by atoms with Crippen LogP contribution in [0.2, 0.25) is 0 Å².